The molecule has 0 radical (unpaired) electrons. The smallest absolute Gasteiger partial charge is 0.315 e. The van der Waals surface area contributed by atoms with Crippen LogP contribution in [0.4, 0.5) is 4.79 Å². The summed E-state index contributed by atoms with van der Waals surface area (Å²) in [5.41, 5.74) is 2.56. The Morgan fingerprint density at radius 3 is 2.94 bits per heavy atom. The minimum absolute atomic E-state index is 0.189. The van der Waals surface area contributed by atoms with Crippen LogP contribution in [0.15, 0.2) is 10.9 Å². The fourth-order valence-electron chi connectivity index (χ4n) is 1.23. The number of carbonyl (C=O) groups excluding carboxylic acids is 1. The van der Waals surface area contributed by atoms with Gasteiger partial charge >= 0.3 is 6.03 Å². The molecular formula is C11H19N3O2S. The van der Waals surface area contributed by atoms with Gasteiger partial charge in [-0.2, -0.15) is 0 Å². The second-order valence-corrected chi connectivity index (χ2v) is 4.71. The summed E-state index contributed by atoms with van der Waals surface area (Å²) in [6.45, 7) is 4.66. The van der Waals surface area contributed by atoms with E-state index in [0.29, 0.717) is 6.54 Å². The minimum Gasteiger partial charge on any atom is -0.391 e. The lowest BCUT2D eigenvalue weighted by atomic mass is 10.0. The molecule has 0 spiro atoms. The van der Waals surface area contributed by atoms with Crippen LogP contribution in [0.1, 0.15) is 26.0 Å². The third-order valence-corrected chi connectivity index (χ3v) is 3.32. The largest absolute Gasteiger partial charge is 0.391 e. The molecule has 5 nitrogen and oxygen atoms in total. The highest BCUT2D eigenvalue weighted by molar-refractivity contribution is 7.07. The van der Waals surface area contributed by atoms with Crippen molar-refractivity contribution in [3.8, 4) is 0 Å². The summed E-state index contributed by atoms with van der Waals surface area (Å²) in [7, 11) is 0. The molecule has 96 valence electrons. The molecule has 2 amide bonds. The Balaban J connectivity index is 2.17. The monoisotopic (exact) mass is 257 g/mol. The molecule has 17 heavy (non-hydrogen) atoms. The molecule has 0 aliphatic carbocycles. The molecule has 3 N–H and O–H groups in total. The zero-order valence-corrected chi connectivity index (χ0v) is 11.0. The van der Waals surface area contributed by atoms with Gasteiger partial charge in [0.1, 0.15) is 0 Å². The molecule has 0 fully saturated rings. The van der Waals surface area contributed by atoms with E-state index in [1.165, 1.54) is 11.3 Å². The normalized spacial score (nSPS) is 14.1. The molecule has 1 heterocycles. The van der Waals surface area contributed by atoms with Crippen LogP contribution in [0.5, 0.6) is 0 Å². The predicted octanol–water partition coefficient (Wildman–Crippen LogP) is 1.35. The molecule has 1 aromatic rings. The summed E-state index contributed by atoms with van der Waals surface area (Å²) in [4.78, 5) is 15.4. The quantitative estimate of drug-likeness (QED) is 0.720. The summed E-state index contributed by atoms with van der Waals surface area (Å²) in [5.74, 6) is 0.189. The second-order valence-electron chi connectivity index (χ2n) is 4.00. The molecule has 0 bridgehead atoms. The number of nitrogens with one attached hydrogen (secondary N) is 2. The van der Waals surface area contributed by atoms with Crippen molar-refractivity contribution < 1.29 is 9.90 Å². The highest BCUT2D eigenvalue weighted by atomic mass is 32.1. The average Bonchev–Trinajstić information content (AvgIpc) is 2.85. The van der Waals surface area contributed by atoms with Gasteiger partial charge in [-0.3, -0.25) is 0 Å². The molecular weight excluding hydrogens is 238 g/mol. The minimum atomic E-state index is -0.495. The van der Waals surface area contributed by atoms with E-state index >= 15 is 0 Å². The van der Waals surface area contributed by atoms with Crippen molar-refractivity contribution in [2.45, 2.75) is 32.9 Å². The van der Waals surface area contributed by atoms with Gasteiger partial charge in [0.05, 0.1) is 23.9 Å². The van der Waals surface area contributed by atoms with Gasteiger partial charge in [0.2, 0.25) is 0 Å². The van der Waals surface area contributed by atoms with E-state index < -0.39 is 6.10 Å². The molecule has 6 heteroatoms. The fraction of sp³-hybridized carbons (Fsp3) is 0.636. The van der Waals surface area contributed by atoms with E-state index in [2.05, 4.69) is 15.6 Å². The molecule has 0 aromatic carbocycles. The van der Waals surface area contributed by atoms with E-state index in [1.807, 2.05) is 19.2 Å². The standard InChI is InChI=1S/C11H19N3O2S/c1-3-8(2)10(15)5-13-11(16)12-4-9-6-17-7-14-9/h6-8,10,15H,3-5H2,1-2H3,(H2,12,13,16). The number of nitrogens with zero attached hydrogens (tertiary/aromatic N) is 1. The van der Waals surface area contributed by atoms with Gasteiger partial charge < -0.3 is 15.7 Å². The van der Waals surface area contributed by atoms with Crippen LogP contribution < -0.4 is 10.6 Å². The Kier molecular flexibility index (Phi) is 5.93. The summed E-state index contributed by atoms with van der Waals surface area (Å²) < 4.78 is 0. The number of rotatable bonds is 6. The first-order valence-corrected chi connectivity index (χ1v) is 6.64. The number of urea groups is 1. The van der Waals surface area contributed by atoms with Gasteiger partial charge in [0.25, 0.3) is 0 Å². The first-order chi connectivity index (χ1) is 8.13. The molecule has 1 aromatic heterocycles. The van der Waals surface area contributed by atoms with Gasteiger partial charge in [-0.05, 0) is 5.92 Å². The Hall–Kier alpha value is -1.14. The molecule has 0 aliphatic heterocycles. The van der Waals surface area contributed by atoms with E-state index in [1.54, 1.807) is 5.51 Å². The van der Waals surface area contributed by atoms with E-state index in [0.717, 1.165) is 12.1 Å². The summed E-state index contributed by atoms with van der Waals surface area (Å²) in [6.07, 6.45) is 0.397. The SMILES string of the molecule is CCC(C)C(O)CNC(=O)NCc1cscn1. The van der Waals surface area contributed by atoms with Crippen molar-refractivity contribution in [3.05, 3.63) is 16.6 Å². The Morgan fingerprint density at radius 2 is 2.35 bits per heavy atom. The van der Waals surface area contributed by atoms with Crippen LogP contribution in [0, 0.1) is 5.92 Å². The summed E-state index contributed by atoms with van der Waals surface area (Å²) in [6, 6.07) is -0.277. The summed E-state index contributed by atoms with van der Waals surface area (Å²) in [5, 5.41) is 16.9. The van der Waals surface area contributed by atoms with Gasteiger partial charge in [-0.1, -0.05) is 20.3 Å². The average molecular weight is 257 g/mol. The van der Waals surface area contributed by atoms with Crippen molar-refractivity contribution in [2.24, 2.45) is 5.92 Å². The zero-order chi connectivity index (χ0) is 12.7. The molecule has 0 saturated heterocycles. The first-order valence-electron chi connectivity index (χ1n) is 5.70. The highest BCUT2D eigenvalue weighted by Crippen LogP contribution is 2.05. The Bertz CT molecular complexity index is 329. The number of aliphatic hydroxyl groups is 1. The molecule has 0 saturated carbocycles. The number of hydrogen-bond acceptors (Lipinski definition) is 4. The van der Waals surface area contributed by atoms with Crippen molar-refractivity contribution in [1.82, 2.24) is 15.6 Å². The number of hydrogen-bond donors (Lipinski definition) is 3. The topological polar surface area (TPSA) is 74.2 Å². The lowest BCUT2D eigenvalue weighted by molar-refractivity contribution is 0.114. The van der Waals surface area contributed by atoms with Crippen molar-refractivity contribution >= 4 is 17.4 Å². The number of carbonyl (C=O) groups is 1. The predicted molar refractivity (Wildman–Crippen MR) is 67.8 cm³/mol. The number of thiazole rings is 1. The van der Waals surface area contributed by atoms with Gasteiger partial charge in [-0.25, -0.2) is 9.78 Å². The zero-order valence-electron chi connectivity index (χ0n) is 10.1. The van der Waals surface area contributed by atoms with Gasteiger partial charge in [0.15, 0.2) is 0 Å². The molecule has 2 unspecified atom stereocenters. The fourth-order valence-corrected chi connectivity index (χ4v) is 1.79. The highest BCUT2D eigenvalue weighted by Gasteiger charge is 2.12. The lowest BCUT2D eigenvalue weighted by Crippen LogP contribution is -2.41. The van der Waals surface area contributed by atoms with E-state index in [-0.39, 0.29) is 18.5 Å². The second kappa shape index (κ2) is 7.24. The van der Waals surface area contributed by atoms with Gasteiger partial charge in [0, 0.05) is 11.9 Å². The maximum atomic E-state index is 11.4. The van der Waals surface area contributed by atoms with Crippen LogP contribution in [-0.2, 0) is 6.54 Å². The number of amides is 2. The van der Waals surface area contributed by atoms with Crippen LogP contribution in [0.3, 0.4) is 0 Å². The Labute approximate surface area is 105 Å². The van der Waals surface area contributed by atoms with Crippen LogP contribution in [-0.4, -0.2) is 28.8 Å². The molecule has 0 aliphatic rings. The first kappa shape index (κ1) is 13.9. The Morgan fingerprint density at radius 1 is 1.59 bits per heavy atom. The van der Waals surface area contributed by atoms with E-state index in [4.69, 9.17) is 0 Å². The number of aliphatic hydroxyl groups excluding tert-OH is 1. The van der Waals surface area contributed by atoms with Crippen LogP contribution >= 0.6 is 11.3 Å². The summed E-state index contributed by atoms with van der Waals surface area (Å²) >= 11 is 1.49. The van der Waals surface area contributed by atoms with Crippen molar-refractivity contribution in [1.29, 1.82) is 0 Å². The number of aromatic nitrogens is 1. The maximum absolute atomic E-state index is 11.4. The lowest BCUT2D eigenvalue weighted by Gasteiger charge is -2.17. The van der Waals surface area contributed by atoms with Gasteiger partial charge in [-0.15, -0.1) is 11.3 Å². The van der Waals surface area contributed by atoms with Crippen LogP contribution in [0.25, 0.3) is 0 Å². The van der Waals surface area contributed by atoms with Crippen molar-refractivity contribution in [2.75, 3.05) is 6.54 Å². The van der Waals surface area contributed by atoms with E-state index in [9.17, 15) is 9.90 Å². The third kappa shape index (κ3) is 5.14. The maximum Gasteiger partial charge on any atom is 0.315 e. The van der Waals surface area contributed by atoms with Crippen molar-refractivity contribution in [3.63, 3.8) is 0 Å². The molecule has 1 rings (SSSR count). The molecule has 2 atom stereocenters. The van der Waals surface area contributed by atoms with Crippen LogP contribution in [0.2, 0.25) is 0 Å². The third-order valence-electron chi connectivity index (χ3n) is 2.69.